The SMILES string of the molecule is CC(C)CP1(=S)CCCCC1. The van der Waals surface area contributed by atoms with Gasteiger partial charge in [0.1, 0.15) is 0 Å². The maximum Gasteiger partial charge on any atom is -0.0211 e. The summed E-state index contributed by atoms with van der Waals surface area (Å²) in [6.45, 7) is 4.62. The molecular formula is C9H19PS. The minimum atomic E-state index is -0.836. The molecule has 1 rings (SSSR count). The summed E-state index contributed by atoms with van der Waals surface area (Å²) in [5.74, 6) is 0.832. The summed E-state index contributed by atoms with van der Waals surface area (Å²) in [6.07, 6.45) is 8.45. The molecule has 1 aliphatic heterocycles. The van der Waals surface area contributed by atoms with E-state index in [-0.39, 0.29) is 0 Å². The first-order valence-corrected chi connectivity index (χ1v) is 8.05. The number of hydrogen-bond acceptors (Lipinski definition) is 1. The van der Waals surface area contributed by atoms with Crippen molar-refractivity contribution >= 4 is 17.8 Å². The Morgan fingerprint density at radius 1 is 1.18 bits per heavy atom. The zero-order valence-corrected chi connectivity index (χ0v) is 9.39. The minimum absolute atomic E-state index is 0.832. The van der Waals surface area contributed by atoms with E-state index in [0.717, 1.165) is 5.92 Å². The van der Waals surface area contributed by atoms with Crippen molar-refractivity contribution in [1.82, 2.24) is 0 Å². The van der Waals surface area contributed by atoms with Crippen LogP contribution in [0, 0.1) is 5.92 Å². The molecule has 1 fully saturated rings. The Hall–Kier alpha value is 0.650. The molecule has 0 bridgehead atoms. The van der Waals surface area contributed by atoms with Gasteiger partial charge in [-0.3, -0.25) is 0 Å². The third kappa shape index (κ3) is 3.25. The van der Waals surface area contributed by atoms with Crippen LogP contribution in [-0.2, 0) is 11.8 Å². The van der Waals surface area contributed by atoms with Gasteiger partial charge in [0.15, 0.2) is 0 Å². The molecule has 0 aromatic rings. The fourth-order valence-electron chi connectivity index (χ4n) is 1.94. The Kier molecular flexibility index (Phi) is 3.58. The number of rotatable bonds is 2. The minimum Gasteiger partial charge on any atom is -0.0975 e. The quantitative estimate of drug-likeness (QED) is 0.602. The maximum absolute atomic E-state index is 5.74. The first kappa shape index (κ1) is 9.74. The highest BCUT2D eigenvalue weighted by Crippen LogP contribution is 2.51. The first-order chi connectivity index (χ1) is 5.12. The standard InChI is InChI=1S/C9H19PS/c1-9(2)8-10(11)6-4-3-5-7-10/h9H,3-8H2,1-2H3. The van der Waals surface area contributed by atoms with Crippen molar-refractivity contribution in [3.63, 3.8) is 0 Å². The Morgan fingerprint density at radius 3 is 2.18 bits per heavy atom. The summed E-state index contributed by atoms with van der Waals surface area (Å²) < 4.78 is 0. The van der Waals surface area contributed by atoms with Crippen molar-refractivity contribution < 1.29 is 0 Å². The van der Waals surface area contributed by atoms with Crippen LogP contribution in [0.3, 0.4) is 0 Å². The zero-order chi connectivity index (χ0) is 8.32. The largest absolute Gasteiger partial charge is 0.0975 e. The van der Waals surface area contributed by atoms with Gasteiger partial charge in [0.25, 0.3) is 0 Å². The van der Waals surface area contributed by atoms with Crippen LogP contribution >= 0.6 is 6.04 Å². The van der Waals surface area contributed by atoms with Crippen molar-refractivity contribution in [2.75, 3.05) is 18.5 Å². The Bertz CT molecular complexity index is 153. The summed E-state index contributed by atoms with van der Waals surface area (Å²) in [5.41, 5.74) is 0. The lowest BCUT2D eigenvalue weighted by Crippen LogP contribution is -2.09. The van der Waals surface area contributed by atoms with Crippen LogP contribution in [0.25, 0.3) is 0 Å². The third-order valence-corrected chi connectivity index (χ3v) is 7.53. The highest BCUT2D eigenvalue weighted by molar-refractivity contribution is 8.14. The maximum atomic E-state index is 5.74. The van der Waals surface area contributed by atoms with Crippen LogP contribution in [0.5, 0.6) is 0 Å². The fraction of sp³-hybridized carbons (Fsp3) is 1.00. The second-order valence-electron chi connectivity index (χ2n) is 4.14. The molecule has 0 radical (unpaired) electrons. The molecule has 11 heavy (non-hydrogen) atoms. The van der Waals surface area contributed by atoms with Crippen molar-refractivity contribution in [2.24, 2.45) is 5.92 Å². The normalized spacial score (nSPS) is 23.9. The summed E-state index contributed by atoms with van der Waals surface area (Å²) in [6, 6.07) is -0.836. The van der Waals surface area contributed by atoms with Gasteiger partial charge in [0.05, 0.1) is 0 Å². The average molecular weight is 190 g/mol. The zero-order valence-electron chi connectivity index (χ0n) is 7.68. The molecule has 0 N–H and O–H groups in total. The van der Waals surface area contributed by atoms with Gasteiger partial charge in [-0.25, -0.2) is 0 Å². The molecule has 1 saturated heterocycles. The van der Waals surface area contributed by atoms with Gasteiger partial charge >= 0.3 is 0 Å². The van der Waals surface area contributed by atoms with E-state index in [9.17, 15) is 0 Å². The average Bonchev–Trinajstić information content (AvgIpc) is 1.85. The lowest BCUT2D eigenvalue weighted by atomic mass is 10.3. The van der Waals surface area contributed by atoms with Crippen molar-refractivity contribution in [3.05, 3.63) is 0 Å². The second-order valence-corrected chi connectivity index (χ2v) is 9.84. The first-order valence-electron chi connectivity index (χ1n) is 4.69. The van der Waals surface area contributed by atoms with Gasteiger partial charge in [-0.2, -0.15) is 0 Å². The highest BCUT2D eigenvalue weighted by Gasteiger charge is 2.20. The molecule has 0 atom stereocenters. The molecule has 66 valence electrons. The lowest BCUT2D eigenvalue weighted by molar-refractivity contribution is 0.712. The lowest BCUT2D eigenvalue weighted by Gasteiger charge is -2.27. The topological polar surface area (TPSA) is 0 Å². The summed E-state index contributed by atoms with van der Waals surface area (Å²) in [5, 5.41) is 0. The van der Waals surface area contributed by atoms with Gasteiger partial charge in [0.2, 0.25) is 0 Å². The molecule has 0 nitrogen and oxygen atoms in total. The van der Waals surface area contributed by atoms with E-state index < -0.39 is 6.04 Å². The van der Waals surface area contributed by atoms with Gasteiger partial charge in [-0.15, -0.1) is 0 Å². The molecule has 1 heterocycles. The molecule has 0 aromatic carbocycles. The van der Waals surface area contributed by atoms with Gasteiger partial charge in [-0.05, 0) is 43.3 Å². The van der Waals surface area contributed by atoms with E-state index in [0.29, 0.717) is 0 Å². The van der Waals surface area contributed by atoms with Crippen LogP contribution in [0.2, 0.25) is 0 Å². The molecular weight excluding hydrogens is 171 g/mol. The van der Waals surface area contributed by atoms with E-state index in [1.807, 2.05) is 0 Å². The predicted molar refractivity (Wildman–Crippen MR) is 57.6 cm³/mol. The van der Waals surface area contributed by atoms with Gasteiger partial charge in [0, 0.05) is 0 Å². The van der Waals surface area contributed by atoms with Crippen LogP contribution in [-0.4, -0.2) is 18.5 Å². The summed E-state index contributed by atoms with van der Waals surface area (Å²) >= 11 is 5.74. The Labute approximate surface area is 75.8 Å². The molecule has 0 aromatic heterocycles. The molecule has 0 spiro atoms. The fourth-order valence-corrected chi connectivity index (χ4v) is 7.13. The second kappa shape index (κ2) is 4.05. The Morgan fingerprint density at radius 2 is 1.73 bits per heavy atom. The van der Waals surface area contributed by atoms with E-state index >= 15 is 0 Å². The van der Waals surface area contributed by atoms with Gasteiger partial charge < -0.3 is 0 Å². The summed E-state index contributed by atoms with van der Waals surface area (Å²) in [7, 11) is 0. The number of hydrogen-bond donors (Lipinski definition) is 0. The highest BCUT2D eigenvalue weighted by atomic mass is 32.4. The third-order valence-electron chi connectivity index (χ3n) is 2.33. The smallest absolute Gasteiger partial charge is 0.0211 e. The monoisotopic (exact) mass is 190 g/mol. The molecule has 2 heteroatoms. The molecule has 0 saturated carbocycles. The predicted octanol–water partition coefficient (Wildman–Crippen LogP) is 3.31. The molecule has 0 unspecified atom stereocenters. The Balaban J connectivity index is 2.44. The molecule has 0 amide bonds. The van der Waals surface area contributed by atoms with E-state index in [1.165, 1.54) is 37.7 Å². The van der Waals surface area contributed by atoms with Crippen LogP contribution in [0.15, 0.2) is 0 Å². The molecule has 0 aliphatic carbocycles. The van der Waals surface area contributed by atoms with Gasteiger partial charge in [-0.1, -0.05) is 32.1 Å². The van der Waals surface area contributed by atoms with Crippen LogP contribution in [0.4, 0.5) is 0 Å². The summed E-state index contributed by atoms with van der Waals surface area (Å²) in [4.78, 5) is 0. The van der Waals surface area contributed by atoms with Crippen LogP contribution < -0.4 is 0 Å². The van der Waals surface area contributed by atoms with Crippen molar-refractivity contribution in [1.29, 1.82) is 0 Å². The van der Waals surface area contributed by atoms with E-state index in [1.54, 1.807) is 0 Å². The van der Waals surface area contributed by atoms with E-state index in [4.69, 9.17) is 11.8 Å². The van der Waals surface area contributed by atoms with Crippen LogP contribution in [0.1, 0.15) is 33.1 Å². The van der Waals surface area contributed by atoms with Crippen molar-refractivity contribution in [3.8, 4) is 0 Å². The molecule has 1 aliphatic rings. The van der Waals surface area contributed by atoms with E-state index in [2.05, 4.69) is 13.8 Å². The van der Waals surface area contributed by atoms with Crippen molar-refractivity contribution in [2.45, 2.75) is 33.1 Å².